The van der Waals surface area contributed by atoms with Crippen LogP contribution in [0.5, 0.6) is 0 Å². The molecule has 0 amide bonds. The first-order chi connectivity index (χ1) is 1.00. The Morgan fingerprint density at radius 1 is 1.50 bits per heavy atom. The second-order valence-electron chi connectivity index (χ2n) is 0. The van der Waals surface area contributed by atoms with Gasteiger partial charge in [-0.1, -0.05) is 0 Å². The van der Waals surface area contributed by atoms with Crippen LogP contribution in [0.25, 0.3) is 0 Å². The van der Waals surface area contributed by atoms with Crippen LogP contribution in [-0.4, -0.2) is 43.2 Å². The molecule has 0 bridgehead atoms. The molecule has 0 aromatic carbocycles. The summed E-state index contributed by atoms with van der Waals surface area (Å²) in [6.07, 6.45) is 0. The average Bonchev–Trinajstić information content (AvgIpc) is 1.00. The fourth-order valence-corrected chi connectivity index (χ4v) is 0. The van der Waals surface area contributed by atoms with Crippen molar-refractivity contribution in [1.82, 2.24) is 0 Å². The van der Waals surface area contributed by atoms with Crippen LogP contribution >= 0.6 is 0 Å². The Morgan fingerprint density at radius 2 is 1.50 bits per heavy atom. The SMILES string of the molecule is O.[Ca+2].[H-].[H-].[O]=[Ag]. The monoisotopic (exact) mass is 183 g/mol. The van der Waals surface area contributed by atoms with Gasteiger partial charge in [0.25, 0.3) is 0 Å². The third kappa shape index (κ3) is 9.25. The van der Waals surface area contributed by atoms with Crippen LogP contribution < -0.4 is 0 Å². The second kappa shape index (κ2) is 21.7. The summed E-state index contributed by atoms with van der Waals surface area (Å²) in [5.41, 5.74) is 0. The molecule has 0 rings (SSSR count). The van der Waals surface area contributed by atoms with Crippen molar-refractivity contribution < 1.29 is 32.6 Å². The van der Waals surface area contributed by atoms with Crippen molar-refractivity contribution >= 4 is 37.7 Å². The minimum atomic E-state index is 0. The first-order valence-corrected chi connectivity index (χ1v) is 0.728. The van der Waals surface area contributed by atoms with Crippen molar-refractivity contribution in [2.24, 2.45) is 0 Å². The van der Waals surface area contributed by atoms with E-state index in [2.05, 4.69) is 0 Å². The number of hydrogen-bond acceptors (Lipinski definition) is 1. The molecule has 4 heteroatoms. The van der Waals surface area contributed by atoms with Crippen LogP contribution in [0.4, 0.5) is 0 Å². The van der Waals surface area contributed by atoms with Gasteiger partial charge in [0.05, 0.1) is 0 Å². The summed E-state index contributed by atoms with van der Waals surface area (Å²) in [6, 6.07) is 0. The maximum atomic E-state index is 8.06. The summed E-state index contributed by atoms with van der Waals surface area (Å²) in [7, 11) is 0. The minimum absolute atomic E-state index is 0. The molecule has 0 aliphatic carbocycles. The van der Waals surface area contributed by atoms with E-state index < -0.39 is 0 Å². The summed E-state index contributed by atoms with van der Waals surface area (Å²) in [6.45, 7) is 0. The molecular weight excluding hydrogens is 180 g/mol. The Kier molecular flexibility index (Phi) is 93.0. The molecule has 0 fully saturated rings. The van der Waals surface area contributed by atoms with Crippen molar-refractivity contribution in [2.45, 2.75) is 0 Å². The summed E-state index contributed by atoms with van der Waals surface area (Å²) in [5, 5.41) is 0. The van der Waals surface area contributed by atoms with Crippen LogP contribution in [0.3, 0.4) is 0 Å². The molecule has 2 nitrogen and oxygen atoms in total. The maximum absolute atomic E-state index is 8.06. The van der Waals surface area contributed by atoms with Crippen LogP contribution in [0.2, 0.25) is 0 Å². The fraction of sp³-hybridized carbons (Fsp3) is 0. The van der Waals surface area contributed by atoms with Crippen LogP contribution in [-0.2, 0) is 24.3 Å². The van der Waals surface area contributed by atoms with Gasteiger partial charge in [0.1, 0.15) is 0 Å². The van der Waals surface area contributed by atoms with Gasteiger partial charge >= 0.3 is 62.0 Å². The van der Waals surface area contributed by atoms with Crippen LogP contribution in [0.1, 0.15) is 2.85 Å². The summed E-state index contributed by atoms with van der Waals surface area (Å²) >= 11 is 1.70. The molecule has 4 heavy (non-hydrogen) atoms. The molecule has 29 valence electrons. The summed E-state index contributed by atoms with van der Waals surface area (Å²) < 4.78 is 8.06. The van der Waals surface area contributed by atoms with E-state index in [1.807, 2.05) is 0 Å². The molecule has 0 aromatic heterocycles. The molecule has 0 atom stereocenters. The molecule has 0 saturated carbocycles. The van der Waals surface area contributed by atoms with E-state index in [9.17, 15) is 0 Å². The van der Waals surface area contributed by atoms with Gasteiger partial charge in [0.2, 0.25) is 0 Å². The molecule has 0 radical (unpaired) electrons. The Labute approximate surface area is 69.5 Å². The average molecular weight is 184 g/mol. The first-order valence-electron chi connectivity index (χ1n) is 0.123. The molecule has 0 aliphatic heterocycles. The van der Waals surface area contributed by atoms with Crippen molar-refractivity contribution in [3.8, 4) is 0 Å². The zero-order valence-corrected chi connectivity index (χ0v) is 5.61. The van der Waals surface area contributed by atoms with E-state index in [-0.39, 0.29) is 46.1 Å². The standard InChI is InChI=1S/Ag.Ca.H2O.O.2H/h;;1H2;;;/q;+2;;;2*-1. The molecule has 0 aromatic rings. The van der Waals surface area contributed by atoms with Gasteiger partial charge in [0, 0.05) is 0 Å². The topological polar surface area (TPSA) is 48.6 Å². The Morgan fingerprint density at radius 3 is 1.50 bits per heavy atom. The van der Waals surface area contributed by atoms with Gasteiger partial charge < -0.3 is 8.33 Å². The number of rotatable bonds is 0. The van der Waals surface area contributed by atoms with Crippen LogP contribution in [0, 0.1) is 0 Å². The van der Waals surface area contributed by atoms with Gasteiger partial charge in [-0.3, -0.25) is 0 Å². The summed E-state index contributed by atoms with van der Waals surface area (Å²) in [5.74, 6) is 0. The van der Waals surface area contributed by atoms with E-state index >= 15 is 0 Å². The van der Waals surface area contributed by atoms with Gasteiger partial charge in [-0.2, -0.15) is 0 Å². The molecule has 0 heterocycles. The Bertz CT molecular complexity index is 11.5. The third-order valence-corrected chi connectivity index (χ3v) is 0. The van der Waals surface area contributed by atoms with E-state index in [0.717, 1.165) is 0 Å². The molecule has 0 spiro atoms. The van der Waals surface area contributed by atoms with Gasteiger partial charge in [-0.05, 0) is 0 Å². The zero-order valence-electron chi connectivity index (χ0n) is 3.92. The number of hydrogen-bond donors (Lipinski definition) is 0. The van der Waals surface area contributed by atoms with Crippen molar-refractivity contribution in [3.63, 3.8) is 0 Å². The quantitative estimate of drug-likeness (QED) is 0.440. The molecular formula is H4AgCaO2. The van der Waals surface area contributed by atoms with E-state index in [0.29, 0.717) is 0 Å². The summed E-state index contributed by atoms with van der Waals surface area (Å²) in [4.78, 5) is 0. The third-order valence-electron chi connectivity index (χ3n) is 0. The van der Waals surface area contributed by atoms with E-state index in [1.165, 1.54) is 0 Å². The zero-order chi connectivity index (χ0) is 2.00. The van der Waals surface area contributed by atoms with Crippen molar-refractivity contribution in [2.75, 3.05) is 0 Å². The van der Waals surface area contributed by atoms with Gasteiger partial charge in [-0.15, -0.1) is 0 Å². The normalized spacial score (nSPS) is 1.50. The molecule has 0 aliphatic rings. The fourth-order valence-electron chi connectivity index (χ4n) is 0. The first kappa shape index (κ1) is 17.1. The molecule has 0 unspecified atom stereocenters. The second-order valence-corrected chi connectivity index (χ2v) is 0. The molecule has 0 saturated heterocycles. The van der Waals surface area contributed by atoms with E-state index in [4.69, 9.17) is 3.25 Å². The molecule has 2 N–H and O–H groups in total. The Hall–Kier alpha value is 1.76. The van der Waals surface area contributed by atoms with E-state index in [1.54, 1.807) is 21.0 Å². The van der Waals surface area contributed by atoms with Gasteiger partial charge in [-0.25, -0.2) is 0 Å². The van der Waals surface area contributed by atoms with Crippen molar-refractivity contribution in [3.05, 3.63) is 0 Å². The van der Waals surface area contributed by atoms with Crippen molar-refractivity contribution in [1.29, 1.82) is 0 Å². The van der Waals surface area contributed by atoms with Gasteiger partial charge in [0.15, 0.2) is 0 Å². The predicted molar refractivity (Wildman–Crippen MR) is 12.3 cm³/mol. The Balaban J connectivity index is -0.000000000833. The van der Waals surface area contributed by atoms with Crippen LogP contribution in [0.15, 0.2) is 0 Å². The predicted octanol–water partition coefficient (Wildman–Crippen LogP) is -1.10.